The summed E-state index contributed by atoms with van der Waals surface area (Å²) < 4.78 is 0.254. The summed E-state index contributed by atoms with van der Waals surface area (Å²) in [6, 6.07) is 0. The van der Waals surface area contributed by atoms with Crippen LogP contribution in [0.4, 0.5) is 0 Å². The van der Waals surface area contributed by atoms with E-state index in [1.54, 1.807) is 6.92 Å². The number of rotatable bonds is 3. The molecule has 1 saturated heterocycles. The molecule has 2 atom stereocenters. The summed E-state index contributed by atoms with van der Waals surface area (Å²) in [4.78, 5) is 22.3. The van der Waals surface area contributed by atoms with Gasteiger partial charge in [0, 0.05) is 12.3 Å². The molecular weight excluding hydrogens is 240 g/mol. The molecule has 2 rings (SSSR count). The number of carbonyl (C=O) groups is 2. The smallest absolute Gasteiger partial charge is 0.130 e. The van der Waals surface area contributed by atoms with Crippen LogP contribution < -0.4 is 0 Å². The van der Waals surface area contributed by atoms with Crippen LogP contribution in [0.5, 0.6) is 0 Å². The van der Waals surface area contributed by atoms with Gasteiger partial charge in [0.1, 0.15) is 12.1 Å². The van der Waals surface area contributed by atoms with Crippen molar-refractivity contribution in [3.8, 4) is 0 Å². The third-order valence-corrected chi connectivity index (χ3v) is 6.88. The van der Waals surface area contributed by atoms with E-state index in [2.05, 4.69) is 0 Å². The number of hydrogen-bond acceptors (Lipinski definition) is 4. The molecule has 1 aliphatic heterocycles. The first-order chi connectivity index (χ1) is 7.65. The Bertz CT molecular complexity index is 285. The minimum atomic E-state index is 0.113. The summed E-state index contributed by atoms with van der Waals surface area (Å²) in [6.45, 7) is 1.63. The average Bonchev–Trinajstić information content (AvgIpc) is 2.56. The summed E-state index contributed by atoms with van der Waals surface area (Å²) in [6.07, 6.45) is 4.97. The second-order valence-corrected chi connectivity index (χ2v) is 8.05. The number of thioether (sulfide) groups is 2. The number of aldehydes is 1. The van der Waals surface area contributed by atoms with Crippen LogP contribution in [0.2, 0.25) is 0 Å². The van der Waals surface area contributed by atoms with Crippen molar-refractivity contribution < 1.29 is 9.59 Å². The maximum Gasteiger partial charge on any atom is 0.130 e. The van der Waals surface area contributed by atoms with E-state index < -0.39 is 0 Å². The molecule has 1 heterocycles. The summed E-state index contributed by atoms with van der Waals surface area (Å²) >= 11 is 4.03. The minimum absolute atomic E-state index is 0.113. The van der Waals surface area contributed by atoms with E-state index in [-0.39, 0.29) is 15.8 Å². The predicted octanol–water partition coefficient (Wildman–Crippen LogP) is 2.76. The number of Topliss-reactive ketones (excluding diaryl/α,β-unsaturated/α-hetero) is 1. The zero-order chi connectivity index (χ0) is 11.6. The molecule has 0 radical (unpaired) electrons. The molecule has 90 valence electrons. The molecule has 2 fully saturated rings. The molecule has 16 heavy (non-hydrogen) atoms. The van der Waals surface area contributed by atoms with Gasteiger partial charge in [0.05, 0.1) is 4.08 Å². The second kappa shape index (κ2) is 5.13. The van der Waals surface area contributed by atoms with E-state index in [1.165, 1.54) is 17.9 Å². The fraction of sp³-hybridized carbons (Fsp3) is 0.833. The van der Waals surface area contributed by atoms with Crippen molar-refractivity contribution in [3.63, 3.8) is 0 Å². The highest BCUT2D eigenvalue weighted by Gasteiger charge is 2.46. The molecule has 0 aromatic carbocycles. The quantitative estimate of drug-likeness (QED) is 0.729. The number of hydrogen-bond donors (Lipinski definition) is 0. The normalized spacial score (nSPS) is 32.8. The van der Waals surface area contributed by atoms with Crippen LogP contribution in [0.3, 0.4) is 0 Å². The van der Waals surface area contributed by atoms with Gasteiger partial charge in [-0.05, 0) is 43.6 Å². The first-order valence-electron chi connectivity index (χ1n) is 5.88. The Morgan fingerprint density at radius 3 is 2.62 bits per heavy atom. The summed E-state index contributed by atoms with van der Waals surface area (Å²) in [5, 5.41) is 0. The van der Waals surface area contributed by atoms with Gasteiger partial charge < -0.3 is 9.59 Å². The molecule has 0 bridgehead atoms. The van der Waals surface area contributed by atoms with E-state index in [9.17, 15) is 9.59 Å². The highest BCUT2D eigenvalue weighted by Crippen LogP contribution is 2.56. The fourth-order valence-electron chi connectivity index (χ4n) is 2.76. The molecule has 0 aromatic rings. The number of carbonyl (C=O) groups excluding carboxylic acids is 2. The van der Waals surface area contributed by atoms with Crippen molar-refractivity contribution >= 4 is 35.6 Å². The Kier molecular flexibility index (Phi) is 4.01. The molecule has 1 spiro atoms. The van der Waals surface area contributed by atoms with Gasteiger partial charge in [-0.25, -0.2) is 0 Å². The minimum Gasteiger partial charge on any atom is -0.303 e. The van der Waals surface area contributed by atoms with Gasteiger partial charge >= 0.3 is 0 Å². The summed E-state index contributed by atoms with van der Waals surface area (Å²) in [7, 11) is 0. The maximum atomic E-state index is 11.2. The molecule has 0 N–H and O–H groups in total. The molecule has 1 aliphatic carbocycles. The SMILES string of the molecule is CC(=O)C[C@@H]1CC2(C[C@@H]1C=O)SCCCS2. The van der Waals surface area contributed by atoms with Gasteiger partial charge in [0.15, 0.2) is 0 Å². The lowest BCUT2D eigenvalue weighted by Gasteiger charge is -2.32. The van der Waals surface area contributed by atoms with Gasteiger partial charge in [-0.15, -0.1) is 23.5 Å². The van der Waals surface area contributed by atoms with Gasteiger partial charge in [-0.3, -0.25) is 0 Å². The molecule has 2 nitrogen and oxygen atoms in total. The fourth-order valence-corrected chi connectivity index (χ4v) is 6.39. The van der Waals surface area contributed by atoms with Crippen LogP contribution in [-0.2, 0) is 9.59 Å². The lowest BCUT2D eigenvalue weighted by Crippen LogP contribution is -2.21. The van der Waals surface area contributed by atoms with Crippen molar-refractivity contribution in [2.45, 2.75) is 36.7 Å². The van der Waals surface area contributed by atoms with Crippen molar-refractivity contribution in [1.82, 2.24) is 0 Å². The van der Waals surface area contributed by atoms with Crippen LogP contribution in [0.25, 0.3) is 0 Å². The topological polar surface area (TPSA) is 34.1 Å². The van der Waals surface area contributed by atoms with E-state index >= 15 is 0 Å². The van der Waals surface area contributed by atoms with Gasteiger partial charge in [0.25, 0.3) is 0 Å². The molecular formula is C12H18O2S2. The van der Waals surface area contributed by atoms with Gasteiger partial charge in [-0.1, -0.05) is 0 Å². The largest absolute Gasteiger partial charge is 0.303 e. The lowest BCUT2D eigenvalue weighted by atomic mass is 9.93. The Balaban J connectivity index is 2.04. The van der Waals surface area contributed by atoms with E-state index in [0.29, 0.717) is 12.3 Å². The first-order valence-corrected chi connectivity index (χ1v) is 7.85. The van der Waals surface area contributed by atoms with Gasteiger partial charge in [0.2, 0.25) is 0 Å². The van der Waals surface area contributed by atoms with Crippen molar-refractivity contribution in [2.75, 3.05) is 11.5 Å². The van der Waals surface area contributed by atoms with Crippen LogP contribution in [0.1, 0.15) is 32.6 Å². The third-order valence-electron chi connectivity index (χ3n) is 3.47. The molecule has 4 heteroatoms. The van der Waals surface area contributed by atoms with Crippen molar-refractivity contribution in [2.24, 2.45) is 11.8 Å². The van der Waals surface area contributed by atoms with E-state index in [1.807, 2.05) is 23.5 Å². The average molecular weight is 258 g/mol. The van der Waals surface area contributed by atoms with Crippen LogP contribution >= 0.6 is 23.5 Å². The maximum absolute atomic E-state index is 11.2. The Hall–Kier alpha value is 0.0400. The summed E-state index contributed by atoms with van der Waals surface area (Å²) in [5.74, 6) is 3.06. The molecule has 1 saturated carbocycles. The van der Waals surface area contributed by atoms with Crippen molar-refractivity contribution in [3.05, 3.63) is 0 Å². The Morgan fingerprint density at radius 2 is 2.06 bits per heavy atom. The van der Waals surface area contributed by atoms with Gasteiger partial charge in [-0.2, -0.15) is 0 Å². The lowest BCUT2D eigenvalue weighted by molar-refractivity contribution is -0.118. The standard InChI is InChI=1S/C12H18O2S2/c1-9(14)5-10-6-12(7-11(10)8-13)15-3-2-4-16-12/h8,10-11H,2-7H2,1H3/t10-,11-/m1/s1. The zero-order valence-electron chi connectivity index (χ0n) is 9.61. The van der Waals surface area contributed by atoms with E-state index in [0.717, 1.165) is 19.1 Å². The monoisotopic (exact) mass is 258 g/mol. The molecule has 0 aromatic heterocycles. The van der Waals surface area contributed by atoms with Crippen molar-refractivity contribution in [1.29, 1.82) is 0 Å². The Morgan fingerprint density at radius 1 is 1.38 bits per heavy atom. The van der Waals surface area contributed by atoms with Crippen LogP contribution in [-0.4, -0.2) is 27.7 Å². The zero-order valence-corrected chi connectivity index (χ0v) is 11.2. The summed E-state index contributed by atoms with van der Waals surface area (Å²) in [5.41, 5.74) is 0. The third kappa shape index (κ3) is 2.65. The van der Waals surface area contributed by atoms with E-state index in [4.69, 9.17) is 0 Å². The highest BCUT2D eigenvalue weighted by atomic mass is 32.2. The van der Waals surface area contributed by atoms with Crippen LogP contribution in [0, 0.1) is 11.8 Å². The molecule has 0 unspecified atom stereocenters. The second-order valence-electron chi connectivity index (χ2n) is 4.84. The number of ketones is 1. The molecule has 0 amide bonds. The first kappa shape index (κ1) is 12.5. The van der Waals surface area contributed by atoms with Crippen LogP contribution in [0.15, 0.2) is 0 Å². The highest BCUT2D eigenvalue weighted by molar-refractivity contribution is 8.18. The molecule has 2 aliphatic rings. The Labute approximate surface area is 105 Å². The predicted molar refractivity (Wildman–Crippen MR) is 69.8 cm³/mol.